The summed E-state index contributed by atoms with van der Waals surface area (Å²) in [5.74, 6) is 0.641. The first-order valence-corrected chi connectivity index (χ1v) is 8.33. The molecular weight excluding hydrogens is 290 g/mol. The Balaban J connectivity index is 1.47. The van der Waals surface area contributed by atoms with Crippen molar-refractivity contribution in [2.24, 2.45) is 5.92 Å². The van der Waals surface area contributed by atoms with Crippen LogP contribution in [-0.2, 0) is 11.2 Å². The van der Waals surface area contributed by atoms with Gasteiger partial charge in [0.15, 0.2) is 0 Å². The maximum atomic E-state index is 12.4. The summed E-state index contributed by atoms with van der Waals surface area (Å²) in [5, 5.41) is 11.9. The third-order valence-corrected chi connectivity index (χ3v) is 4.47. The molecule has 1 aromatic carbocycles. The standard InChI is InChI=1S/C18H23N3O2/c1-13-11-21(12-17(23-13)16-5-6-16)18(22)20-8-7-14-3-2-4-15(9-14)10-19/h2-4,9,13,16-17H,5-8,11-12H2,1H3,(H,20,22)/t13-,17+/m1/s1. The molecule has 122 valence electrons. The third kappa shape index (κ3) is 4.23. The van der Waals surface area contributed by atoms with Gasteiger partial charge >= 0.3 is 6.03 Å². The van der Waals surface area contributed by atoms with Gasteiger partial charge in [-0.25, -0.2) is 4.79 Å². The summed E-state index contributed by atoms with van der Waals surface area (Å²) in [7, 11) is 0. The molecule has 3 rings (SSSR count). The van der Waals surface area contributed by atoms with Crippen molar-refractivity contribution in [2.75, 3.05) is 19.6 Å². The number of urea groups is 1. The van der Waals surface area contributed by atoms with Crippen LogP contribution in [0.2, 0.25) is 0 Å². The van der Waals surface area contributed by atoms with Crippen molar-refractivity contribution in [1.82, 2.24) is 10.2 Å². The zero-order valence-corrected chi connectivity index (χ0v) is 13.5. The number of nitriles is 1. The molecule has 0 unspecified atom stereocenters. The van der Waals surface area contributed by atoms with Crippen molar-refractivity contribution in [3.05, 3.63) is 35.4 Å². The molecule has 2 aliphatic rings. The summed E-state index contributed by atoms with van der Waals surface area (Å²) in [6.45, 7) is 3.96. The van der Waals surface area contributed by atoms with E-state index in [-0.39, 0.29) is 18.2 Å². The van der Waals surface area contributed by atoms with Crippen molar-refractivity contribution in [1.29, 1.82) is 5.26 Å². The molecule has 1 saturated heterocycles. The van der Waals surface area contributed by atoms with Crippen LogP contribution in [0.3, 0.4) is 0 Å². The summed E-state index contributed by atoms with van der Waals surface area (Å²) in [6, 6.07) is 9.63. The number of carbonyl (C=O) groups excluding carboxylic acids is 1. The predicted molar refractivity (Wildman–Crippen MR) is 86.9 cm³/mol. The normalized spacial score (nSPS) is 24.1. The summed E-state index contributed by atoms with van der Waals surface area (Å²) >= 11 is 0. The summed E-state index contributed by atoms with van der Waals surface area (Å²) in [6.07, 6.45) is 3.49. The monoisotopic (exact) mass is 313 g/mol. The van der Waals surface area contributed by atoms with Gasteiger partial charge in [0.2, 0.25) is 0 Å². The van der Waals surface area contributed by atoms with Crippen molar-refractivity contribution < 1.29 is 9.53 Å². The number of hydrogen-bond acceptors (Lipinski definition) is 3. The first-order valence-electron chi connectivity index (χ1n) is 8.33. The Bertz CT molecular complexity index is 607. The second kappa shape index (κ2) is 7.01. The first-order chi connectivity index (χ1) is 11.2. The fourth-order valence-electron chi connectivity index (χ4n) is 3.10. The summed E-state index contributed by atoms with van der Waals surface area (Å²) in [5.41, 5.74) is 1.72. The molecule has 5 heteroatoms. The minimum absolute atomic E-state index is 0.0118. The van der Waals surface area contributed by atoms with E-state index in [0.29, 0.717) is 31.1 Å². The van der Waals surface area contributed by atoms with E-state index < -0.39 is 0 Å². The van der Waals surface area contributed by atoms with Gasteiger partial charge in [0, 0.05) is 19.6 Å². The molecule has 2 atom stereocenters. The Morgan fingerprint density at radius 1 is 1.43 bits per heavy atom. The first kappa shape index (κ1) is 15.8. The van der Waals surface area contributed by atoms with Gasteiger partial charge in [-0.05, 0) is 49.8 Å². The molecule has 0 bridgehead atoms. The lowest BCUT2D eigenvalue weighted by Gasteiger charge is -2.37. The number of carbonyl (C=O) groups is 1. The average molecular weight is 313 g/mol. The maximum absolute atomic E-state index is 12.4. The number of morpholine rings is 1. The van der Waals surface area contributed by atoms with Gasteiger partial charge in [-0.15, -0.1) is 0 Å². The van der Waals surface area contributed by atoms with Gasteiger partial charge in [-0.3, -0.25) is 0 Å². The number of benzene rings is 1. The van der Waals surface area contributed by atoms with Crippen LogP contribution in [0.15, 0.2) is 24.3 Å². The van der Waals surface area contributed by atoms with E-state index >= 15 is 0 Å². The zero-order chi connectivity index (χ0) is 16.2. The molecule has 1 aliphatic heterocycles. The van der Waals surface area contributed by atoms with E-state index in [4.69, 9.17) is 10.00 Å². The number of amides is 2. The maximum Gasteiger partial charge on any atom is 0.317 e. The van der Waals surface area contributed by atoms with Crippen molar-refractivity contribution >= 4 is 6.03 Å². The minimum Gasteiger partial charge on any atom is -0.371 e. The molecule has 5 nitrogen and oxygen atoms in total. The Labute approximate surface area is 137 Å². The van der Waals surface area contributed by atoms with E-state index in [1.54, 1.807) is 6.07 Å². The molecule has 0 radical (unpaired) electrons. The SMILES string of the molecule is C[C@@H]1CN(C(=O)NCCc2cccc(C#N)c2)C[C@@H](C2CC2)O1. The van der Waals surface area contributed by atoms with Gasteiger partial charge in [0.1, 0.15) is 0 Å². The number of nitrogens with one attached hydrogen (secondary N) is 1. The highest BCUT2D eigenvalue weighted by Gasteiger charge is 2.38. The van der Waals surface area contributed by atoms with E-state index in [1.165, 1.54) is 12.8 Å². The Kier molecular flexibility index (Phi) is 4.82. The third-order valence-electron chi connectivity index (χ3n) is 4.47. The van der Waals surface area contributed by atoms with Crippen molar-refractivity contribution in [3.63, 3.8) is 0 Å². The lowest BCUT2D eigenvalue weighted by molar-refractivity contribution is -0.0730. The number of nitrogens with zero attached hydrogens (tertiary/aromatic N) is 2. The quantitative estimate of drug-likeness (QED) is 0.927. The Morgan fingerprint density at radius 3 is 3.00 bits per heavy atom. The molecule has 2 amide bonds. The molecule has 1 N–H and O–H groups in total. The van der Waals surface area contributed by atoms with Gasteiger partial charge in [0.25, 0.3) is 0 Å². The van der Waals surface area contributed by atoms with Gasteiger partial charge in [-0.2, -0.15) is 5.26 Å². The van der Waals surface area contributed by atoms with E-state index in [1.807, 2.05) is 30.0 Å². The molecule has 1 heterocycles. The highest BCUT2D eigenvalue weighted by molar-refractivity contribution is 5.74. The topological polar surface area (TPSA) is 65.4 Å². The summed E-state index contributed by atoms with van der Waals surface area (Å²) in [4.78, 5) is 14.2. The number of rotatable bonds is 4. The largest absolute Gasteiger partial charge is 0.371 e. The number of ether oxygens (including phenoxy) is 1. The van der Waals surface area contributed by atoms with Crippen LogP contribution in [0.5, 0.6) is 0 Å². The Morgan fingerprint density at radius 2 is 2.26 bits per heavy atom. The molecule has 0 aromatic heterocycles. The van der Waals surface area contributed by atoms with Crippen molar-refractivity contribution in [2.45, 2.75) is 38.4 Å². The van der Waals surface area contributed by atoms with Gasteiger partial charge < -0.3 is 15.0 Å². The van der Waals surface area contributed by atoms with Crippen LogP contribution < -0.4 is 5.32 Å². The summed E-state index contributed by atoms with van der Waals surface area (Å²) < 4.78 is 5.94. The van der Waals surface area contributed by atoms with Crippen LogP contribution in [0, 0.1) is 17.2 Å². The predicted octanol–water partition coefficient (Wildman–Crippen LogP) is 2.31. The number of hydrogen-bond donors (Lipinski definition) is 1. The lowest BCUT2D eigenvalue weighted by atomic mass is 10.1. The van der Waals surface area contributed by atoms with E-state index in [2.05, 4.69) is 11.4 Å². The fourth-order valence-corrected chi connectivity index (χ4v) is 3.10. The molecule has 1 aromatic rings. The average Bonchev–Trinajstić information content (AvgIpc) is 3.39. The smallest absolute Gasteiger partial charge is 0.317 e. The second-order valence-corrected chi connectivity index (χ2v) is 6.52. The zero-order valence-electron chi connectivity index (χ0n) is 13.5. The van der Waals surface area contributed by atoms with Crippen LogP contribution in [0.4, 0.5) is 4.79 Å². The second-order valence-electron chi connectivity index (χ2n) is 6.52. The van der Waals surface area contributed by atoms with Gasteiger partial charge in [0.05, 0.1) is 23.8 Å². The molecule has 2 fully saturated rings. The lowest BCUT2D eigenvalue weighted by Crippen LogP contribution is -2.53. The highest BCUT2D eigenvalue weighted by atomic mass is 16.5. The van der Waals surface area contributed by atoms with Crippen LogP contribution in [0.1, 0.15) is 30.9 Å². The molecule has 1 aliphatic carbocycles. The van der Waals surface area contributed by atoms with Crippen LogP contribution >= 0.6 is 0 Å². The molecule has 0 spiro atoms. The molecule has 1 saturated carbocycles. The molecule has 23 heavy (non-hydrogen) atoms. The minimum atomic E-state index is -0.0118. The van der Waals surface area contributed by atoms with Gasteiger partial charge in [-0.1, -0.05) is 12.1 Å². The fraction of sp³-hybridized carbons (Fsp3) is 0.556. The van der Waals surface area contributed by atoms with E-state index in [0.717, 1.165) is 12.0 Å². The van der Waals surface area contributed by atoms with E-state index in [9.17, 15) is 4.79 Å². The van der Waals surface area contributed by atoms with Crippen LogP contribution in [-0.4, -0.2) is 42.8 Å². The Hall–Kier alpha value is -2.06. The van der Waals surface area contributed by atoms with Crippen molar-refractivity contribution in [3.8, 4) is 6.07 Å². The van der Waals surface area contributed by atoms with Crippen LogP contribution in [0.25, 0.3) is 0 Å². The molecular formula is C18H23N3O2. The highest BCUT2D eigenvalue weighted by Crippen LogP contribution is 2.36.